The fourth-order valence-corrected chi connectivity index (χ4v) is 3.19. The third kappa shape index (κ3) is 3.54. The summed E-state index contributed by atoms with van der Waals surface area (Å²) in [4.78, 5) is 22.9. The minimum Gasteiger partial charge on any atom is -0.481 e. The van der Waals surface area contributed by atoms with Crippen molar-refractivity contribution in [3.63, 3.8) is 0 Å². The van der Waals surface area contributed by atoms with E-state index in [2.05, 4.69) is 32.9 Å². The Morgan fingerprint density at radius 1 is 0.923 bits per heavy atom. The molecule has 0 saturated carbocycles. The summed E-state index contributed by atoms with van der Waals surface area (Å²) in [5.41, 5.74) is 1.11. The molecule has 0 bridgehead atoms. The van der Waals surface area contributed by atoms with Crippen molar-refractivity contribution in [2.24, 2.45) is 0 Å². The van der Waals surface area contributed by atoms with Crippen LogP contribution in [-0.4, -0.2) is 17.0 Å². The van der Waals surface area contributed by atoms with Gasteiger partial charge in [0.2, 0.25) is 0 Å². The van der Waals surface area contributed by atoms with Gasteiger partial charge in [0.1, 0.15) is 5.75 Å². The van der Waals surface area contributed by atoms with Crippen LogP contribution in [0.1, 0.15) is 39.2 Å². The molecule has 0 fully saturated rings. The van der Waals surface area contributed by atoms with Gasteiger partial charge in [0.05, 0.1) is 12.8 Å². The van der Waals surface area contributed by atoms with Crippen molar-refractivity contribution in [2.45, 2.75) is 39.0 Å². The van der Waals surface area contributed by atoms with Crippen LogP contribution in [0.25, 0.3) is 21.5 Å². The molecule has 0 aliphatic rings. The number of carbonyl (C=O) groups is 2. The molecule has 1 N–H and O–H groups in total. The number of fused-ring (bicyclic) bond motifs is 2. The molecule has 0 heterocycles. The van der Waals surface area contributed by atoms with Gasteiger partial charge >= 0.3 is 11.9 Å². The van der Waals surface area contributed by atoms with Crippen LogP contribution in [0.5, 0.6) is 5.75 Å². The molecule has 0 unspecified atom stereocenters. The van der Waals surface area contributed by atoms with Gasteiger partial charge in [-0.05, 0) is 27.8 Å². The fourth-order valence-electron chi connectivity index (χ4n) is 3.19. The molecule has 0 saturated heterocycles. The van der Waals surface area contributed by atoms with Crippen LogP contribution in [0.4, 0.5) is 0 Å². The molecular weight excluding hydrogens is 328 g/mol. The van der Waals surface area contributed by atoms with Gasteiger partial charge in [0.15, 0.2) is 0 Å². The molecule has 0 atom stereocenters. The Labute approximate surface area is 152 Å². The Bertz CT molecular complexity index is 996. The highest BCUT2D eigenvalue weighted by molar-refractivity contribution is 6.07. The molecule has 0 aliphatic carbocycles. The molecule has 0 aromatic heterocycles. The fraction of sp³-hybridized carbons (Fsp3) is 0.273. The van der Waals surface area contributed by atoms with E-state index in [0.29, 0.717) is 5.75 Å². The van der Waals surface area contributed by atoms with Crippen LogP contribution in [0.2, 0.25) is 0 Å². The number of hydrogen-bond donors (Lipinski definition) is 1. The molecule has 0 aliphatic heterocycles. The van der Waals surface area contributed by atoms with Crippen LogP contribution < -0.4 is 4.74 Å². The predicted octanol–water partition coefficient (Wildman–Crippen LogP) is 5.06. The largest absolute Gasteiger partial charge is 0.481 e. The van der Waals surface area contributed by atoms with Crippen molar-refractivity contribution in [2.75, 3.05) is 0 Å². The van der Waals surface area contributed by atoms with Crippen LogP contribution in [0.15, 0.2) is 48.5 Å². The maximum absolute atomic E-state index is 12.2. The quantitative estimate of drug-likeness (QED) is 0.406. The Morgan fingerprint density at radius 2 is 1.62 bits per heavy atom. The second kappa shape index (κ2) is 6.79. The van der Waals surface area contributed by atoms with Crippen LogP contribution >= 0.6 is 0 Å². The molecule has 0 radical (unpaired) electrons. The minimum absolute atomic E-state index is 0.0629. The molecule has 0 amide bonds. The van der Waals surface area contributed by atoms with E-state index in [1.807, 2.05) is 36.4 Å². The molecule has 134 valence electrons. The number of benzene rings is 3. The first-order chi connectivity index (χ1) is 12.3. The molecule has 3 rings (SSSR count). The topological polar surface area (TPSA) is 63.6 Å². The van der Waals surface area contributed by atoms with Gasteiger partial charge in [-0.3, -0.25) is 9.59 Å². The zero-order chi connectivity index (χ0) is 18.9. The third-order valence-corrected chi connectivity index (χ3v) is 4.42. The zero-order valence-corrected chi connectivity index (χ0v) is 15.2. The monoisotopic (exact) mass is 350 g/mol. The van der Waals surface area contributed by atoms with Crippen molar-refractivity contribution < 1.29 is 19.4 Å². The van der Waals surface area contributed by atoms with Crippen LogP contribution in [0, 0.1) is 0 Å². The van der Waals surface area contributed by atoms with E-state index >= 15 is 0 Å². The average molecular weight is 350 g/mol. The highest BCUT2D eigenvalue weighted by atomic mass is 16.5. The first-order valence-electron chi connectivity index (χ1n) is 8.65. The minimum atomic E-state index is -1.01. The smallest absolute Gasteiger partial charge is 0.311 e. The van der Waals surface area contributed by atoms with Gasteiger partial charge in [-0.25, -0.2) is 0 Å². The first kappa shape index (κ1) is 17.9. The lowest BCUT2D eigenvalue weighted by molar-refractivity contribution is -0.142. The lowest BCUT2D eigenvalue weighted by atomic mass is 9.83. The number of carboxylic acids is 1. The highest BCUT2D eigenvalue weighted by Crippen LogP contribution is 2.39. The molecular formula is C22H22O4. The van der Waals surface area contributed by atoms with Crippen molar-refractivity contribution >= 4 is 33.5 Å². The molecule has 4 heteroatoms. The van der Waals surface area contributed by atoms with Gasteiger partial charge in [-0.1, -0.05) is 63.2 Å². The highest BCUT2D eigenvalue weighted by Gasteiger charge is 2.20. The normalized spacial score (nSPS) is 11.7. The first-order valence-corrected chi connectivity index (χ1v) is 8.65. The number of rotatable bonds is 4. The van der Waals surface area contributed by atoms with Gasteiger partial charge in [-0.2, -0.15) is 0 Å². The van der Waals surface area contributed by atoms with E-state index in [1.54, 1.807) is 0 Å². The van der Waals surface area contributed by atoms with Crippen LogP contribution in [0.3, 0.4) is 0 Å². The summed E-state index contributed by atoms with van der Waals surface area (Å²) in [6.07, 6.45) is -0.395. The number of carboxylic acid groups (broad SMARTS) is 1. The van der Waals surface area contributed by atoms with E-state index in [-0.39, 0.29) is 18.3 Å². The number of hydrogen-bond acceptors (Lipinski definition) is 3. The summed E-state index contributed by atoms with van der Waals surface area (Å²) in [5, 5.41) is 12.5. The number of esters is 1. The lowest BCUT2D eigenvalue weighted by Gasteiger charge is -2.22. The maximum atomic E-state index is 12.2. The van der Waals surface area contributed by atoms with E-state index in [9.17, 15) is 9.59 Å². The van der Waals surface area contributed by atoms with E-state index < -0.39 is 11.9 Å². The maximum Gasteiger partial charge on any atom is 0.311 e. The van der Waals surface area contributed by atoms with Gasteiger partial charge in [-0.15, -0.1) is 0 Å². The number of ether oxygens (including phenoxy) is 1. The number of aliphatic carboxylic acids is 1. The second-order valence-corrected chi connectivity index (χ2v) is 7.45. The van der Waals surface area contributed by atoms with E-state index in [4.69, 9.17) is 9.84 Å². The Morgan fingerprint density at radius 3 is 2.31 bits per heavy atom. The molecule has 3 aromatic rings. The van der Waals surface area contributed by atoms with Crippen molar-refractivity contribution in [1.82, 2.24) is 0 Å². The van der Waals surface area contributed by atoms with E-state index in [1.165, 1.54) is 5.56 Å². The van der Waals surface area contributed by atoms with Crippen molar-refractivity contribution in [3.05, 3.63) is 54.1 Å². The molecule has 3 aromatic carbocycles. The van der Waals surface area contributed by atoms with Gasteiger partial charge < -0.3 is 9.84 Å². The van der Waals surface area contributed by atoms with Crippen LogP contribution in [-0.2, 0) is 15.0 Å². The third-order valence-electron chi connectivity index (χ3n) is 4.42. The summed E-state index contributed by atoms with van der Waals surface area (Å²) in [6, 6.07) is 15.9. The summed E-state index contributed by atoms with van der Waals surface area (Å²) in [5.74, 6) is -1.05. The van der Waals surface area contributed by atoms with E-state index in [0.717, 1.165) is 21.5 Å². The summed E-state index contributed by atoms with van der Waals surface area (Å²) >= 11 is 0. The van der Waals surface area contributed by atoms with Gasteiger partial charge in [0.25, 0.3) is 0 Å². The zero-order valence-electron chi connectivity index (χ0n) is 15.2. The SMILES string of the molecule is CC(C)(C)c1cccc2c(OC(=O)CCC(=O)O)c3ccccc3cc12. The van der Waals surface area contributed by atoms with Gasteiger partial charge in [0, 0.05) is 10.8 Å². The van der Waals surface area contributed by atoms with Crippen molar-refractivity contribution in [1.29, 1.82) is 0 Å². The Hall–Kier alpha value is -2.88. The summed E-state index contributed by atoms with van der Waals surface area (Å²) < 4.78 is 5.66. The standard InChI is InChI=1S/C22H22O4/c1-22(2,3)18-10-6-9-16-17(18)13-14-7-4-5-8-15(14)21(16)26-20(25)12-11-19(23)24/h4-10,13H,11-12H2,1-3H3,(H,23,24). The summed E-state index contributed by atoms with van der Waals surface area (Å²) in [6.45, 7) is 6.44. The Balaban J connectivity index is 2.21. The predicted molar refractivity (Wildman–Crippen MR) is 103 cm³/mol. The second-order valence-electron chi connectivity index (χ2n) is 7.45. The molecule has 4 nitrogen and oxygen atoms in total. The average Bonchev–Trinajstić information content (AvgIpc) is 2.58. The Kier molecular flexibility index (Phi) is 4.68. The lowest BCUT2D eigenvalue weighted by Crippen LogP contribution is -2.13. The summed E-state index contributed by atoms with van der Waals surface area (Å²) in [7, 11) is 0. The van der Waals surface area contributed by atoms with Crippen molar-refractivity contribution in [3.8, 4) is 5.75 Å². The molecule has 26 heavy (non-hydrogen) atoms. The molecule has 0 spiro atoms. The number of carbonyl (C=O) groups excluding carboxylic acids is 1.